The van der Waals surface area contributed by atoms with E-state index in [0.29, 0.717) is 25.1 Å². The number of nitrogens with zero attached hydrogens (tertiary/aromatic N) is 2. The summed E-state index contributed by atoms with van der Waals surface area (Å²) < 4.78 is 0. The van der Waals surface area contributed by atoms with Gasteiger partial charge in [0.1, 0.15) is 12.0 Å². The summed E-state index contributed by atoms with van der Waals surface area (Å²) in [7, 11) is 0. The predicted octanol–water partition coefficient (Wildman–Crippen LogP) is 1.61. The Morgan fingerprint density at radius 2 is 2.26 bits per heavy atom. The highest BCUT2D eigenvalue weighted by Gasteiger charge is 2.28. The number of aldehydes is 1. The Bertz CT molecular complexity index is 503. The maximum absolute atomic E-state index is 11.1. The molecule has 19 heavy (non-hydrogen) atoms. The van der Waals surface area contributed by atoms with Crippen molar-refractivity contribution in [2.24, 2.45) is 5.92 Å². The van der Waals surface area contributed by atoms with Crippen molar-refractivity contribution in [1.82, 2.24) is 0 Å². The average Bonchev–Trinajstić information content (AvgIpc) is 2.41. The molecule has 1 heterocycles. The summed E-state index contributed by atoms with van der Waals surface area (Å²) >= 11 is 0. The molecule has 1 aliphatic rings. The van der Waals surface area contributed by atoms with Gasteiger partial charge < -0.3 is 10.0 Å². The van der Waals surface area contributed by atoms with E-state index in [-0.39, 0.29) is 17.2 Å². The number of rotatable bonds is 3. The number of β-amino-alcohol motifs (C(OH)–C–C–N with tert-alkyl or cyclic N) is 1. The van der Waals surface area contributed by atoms with E-state index in [4.69, 9.17) is 0 Å². The Hall–Kier alpha value is -1.95. The summed E-state index contributed by atoms with van der Waals surface area (Å²) in [5.74, 6) is 0.199. The first-order valence-corrected chi connectivity index (χ1v) is 6.19. The van der Waals surface area contributed by atoms with Crippen LogP contribution in [0, 0.1) is 16.0 Å². The van der Waals surface area contributed by atoms with Crippen molar-refractivity contribution in [3.8, 4) is 0 Å². The molecule has 6 nitrogen and oxygen atoms in total. The molecule has 2 atom stereocenters. The van der Waals surface area contributed by atoms with Crippen LogP contribution < -0.4 is 4.90 Å². The van der Waals surface area contributed by atoms with Gasteiger partial charge in [0.15, 0.2) is 0 Å². The van der Waals surface area contributed by atoms with Gasteiger partial charge in [-0.25, -0.2) is 0 Å². The number of nitro benzene ring substituents is 1. The molecule has 2 unspecified atom stereocenters. The fourth-order valence-electron chi connectivity index (χ4n) is 2.30. The molecular formula is C13H16N2O4. The van der Waals surface area contributed by atoms with Crippen LogP contribution in [0.15, 0.2) is 18.2 Å². The van der Waals surface area contributed by atoms with Gasteiger partial charge in [-0.15, -0.1) is 0 Å². The smallest absolute Gasteiger partial charge is 0.293 e. The highest BCUT2D eigenvalue weighted by molar-refractivity contribution is 5.79. The first-order valence-electron chi connectivity index (χ1n) is 6.19. The highest BCUT2D eigenvalue weighted by Crippen LogP contribution is 2.32. The van der Waals surface area contributed by atoms with E-state index < -0.39 is 11.0 Å². The molecule has 0 amide bonds. The summed E-state index contributed by atoms with van der Waals surface area (Å²) in [5, 5.41) is 21.0. The van der Waals surface area contributed by atoms with Crippen LogP contribution in [-0.2, 0) is 0 Å². The van der Waals surface area contributed by atoms with Gasteiger partial charge in [0.25, 0.3) is 5.69 Å². The number of hydrogen-bond donors (Lipinski definition) is 1. The Kier molecular flexibility index (Phi) is 3.80. The third kappa shape index (κ3) is 2.73. The van der Waals surface area contributed by atoms with Crippen molar-refractivity contribution in [2.45, 2.75) is 19.4 Å². The lowest BCUT2D eigenvalue weighted by molar-refractivity contribution is -0.384. The van der Waals surface area contributed by atoms with E-state index in [0.717, 1.165) is 6.42 Å². The Balaban J connectivity index is 2.34. The van der Waals surface area contributed by atoms with Gasteiger partial charge in [0, 0.05) is 24.7 Å². The largest absolute Gasteiger partial charge is 0.391 e. The maximum Gasteiger partial charge on any atom is 0.293 e. The first-order chi connectivity index (χ1) is 9.02. The van der Waals surface area contributed by atoms with Gasteiger partial charge in [0.05, 0.1) is 11.0 Å². The van der Waals surface area contributed by atoms with Crippen molar-refractivity contribution in [3.63, 3.8) is 0 Å². The molecule has 0 bridgehead atoms. The van der Waals surface area contributed by atoms with Crippen LogP contribution >= 0.6 is 0 Å². The predicted molar refractivity (Wildman–Crippen MR) is 70.5 cm³/mol. The quantitative estimate of drug-likeness (QED) is 0.509. The SMILES string of the molecule is CC1CCN(c2ccc(C=O)cc2[N+](=O)[O-])CC1O. The fraction of sp³-hybridized carbons (Fsp3) is 0.462. The summed E-state index contributed by atoms with van der Waals surface area (Å²) in [5.41, 5.74) is 0.647. The minimum Gasteiger partial charge on any atom is -0.391 e. The van der Waals surface area contributed by atoms with Crippen molar-refractivity contribution in [3.05, 3.63) is 33.9 Å². The maximum atomic E-state index is 11.1. The second-order valence-corrected chi connectivity index (χ2v) is 4.90. The molecule has 102 valence electrons. The topological polar surface area (TPSA) is 83.7 Å². The van der Waals surface area contributed by atoms with Crippen LogP contribution in [0.1, 0.15) is 23.7 Å². The molecule has 1 saturated heterocycles. The van der Waals surface area contributed by atoms with Crippen LogP contribution in [0.2, 0.25) is 0 Å². The summed E-state index contributed by atoms with van der Waals surface area (Å²) in [6.45, 7) is 3.01. The van der Waals surface area contributed by atoms with Gasteiger partial charge in [0.2, 0.25) is 0 Å². The van der Waals surface area contributed by atoms with Crippen LogP contribution in [-0.4, -0.2) is 35.5 Å². The Labute approximate surface area is 110 Å². The number of aliphatic hydroxyl groups excluding tert-OH is 1. The first kappa shape index (κ1) is 13.5. The monoisotopic (exact) mass is 264 g/mol. The van der Waals surface area contributed by atoms with Gasteiger partial charge in [-0.2, -0.15) is 0 Å². The van der Waals surface area contributed by atoms with Crippen LogP contribution in [0.3, 0.4) is 0 Å². The van der Waals surface area contributed by atoms with E-state index >= 15 is 0 Å². The number of carbonyl (C=O) groups excluding carboxylic acids is 1. The van der Waals surface area contributed by atoms with Crippen molar-refractivity contribution < 1.29 is 14.8 Å². The molecule has 2 rings (SSSR count). The Morgan fingerprint density at radius 3 is 2.84 bits per heavy atom. The fourth-order valence-corrected chi connectivity index (χ4v) is 2.30. The van der Waals surface area contributed by atoms with Gasteiger partial charge in [-0.05, 0) is 24.5 Å². The standard InChI is InChI=1S/C13H16N2O4/c1-9-4-5-14(7-13(9)17)11-3-2-10(8-16)6-12(11)15(18)19/h2-3,6,8-9,13,17H,4-5,7H2,1H3. The molecule has 0 saturated carbocycles. The second kappa shape index (κ2) is 5.36. The number of anilines is 1. The molecule has 0 aromatic heterocycles. The van der Waals surface area contributed by atoms with E-state index in [9.17, 15) is 20.0 Å². The van der Waals surface area contributed by atoms with E-state index in [1.54, 1.807) is 17.0 Å². The lowest BCUT2D eigenvalue weighted by Crippen LogP contribution is -2.43. The molecule has 1 N–H and O–H groups in total. The third-order valence-corrected chi connectivity index (χ3v) is 3.59. The van der Waals surface area contributed by atoms with Crippen LogP contribution in [0.25, 0.3) is 0 Å². The van der Waals surface area contributed by atoms with Crippen LogP contribution in [0.5, 0.6) is 0 Å². The minimum atomic E-state index is -0.493. The summed E-state index contributed by atoms with van der Waals surface area (Å²) in [6, 6.07) is 4.40. The zero-order chi connectivity index (χ0) is 14.0. The molecule has 6 heteroatoms. The highest BCUT2D eigenvalue weighted by atomic mass is 16.6. The molecule has 0 aliphatic carbocycles. The number of piperidine rings is 1. The van der Waals surface area contributed by atoms with Gasteiger partial charge in [-0.3, -0.25) is 14.9 Å². The van der Waals surface area contributed by atoms with Crippen molar-refractivity contribution >= 4 is 17.7 Å². The third-order valence-electron chi connectivity index (χ3n) is 3.59. The molecule has 1 aromatic carbocycles. The minimum absolute atomic E-state index is 0.0913. The molecule has 1 fully saturated rings. The molecule has 1 aliphatic heterocycles. The Morgan fingerprint density at radius 1 is 1.53 bits per heavy atom. The number of carbonyl (C=O) groups is 1. The molecule has 1 aromatic rings. The summed E-state index contributed by atoms with van der Waals surface area (Å²) in [4.78, 5) is 23.1. The lowest BCUT2D eigenvalue weighted by atomic mass is 9.95. The zero-order valence-corrected chi connectivity index (χ0v) is 10.7. The van der Waals surface area contributed by atoms with Gasteiger partial charge >= 0.3 is 0 Å². The van der Waals surface area contributed by atoms with E-state index in [1.165, 1.54) is 6.07 Å². The summed E-state index contributed by atoms with van der Waals surface area (Å²) in [6.07, 6.45) is 0.886. The second-order valence-electron chi connectivity index (χ2n) is 4.90. The lowest BCUT2D eigenvalue weighted by Gasteiger charge is -2.35. The number of benzene rings is 1. The number of aliphatic hydroxyl groups is 1. The normalized spacial score (nSPS) is 23.2. The number of nitro groups is 1. The van der Waals surface area contributed by atoms with E-state index in [1.807, 2.05) is 6.92 Å². The zero-order valence-electron chi connectivity index (χ0n) is 10.7. The molecule has 0 radical (unpaired) electrons. The van der Waals surface area contributed by atoms with Crippen molar-refractivity contribution in [1.29, 1.82) is 0 Å². The van der Waals surface area contributed by atoms with Crippen molar-refractivity contribution in [2.75, 3.05) is 18.0 Å². The van der Waals surface area contributed by atoms with E-state index in [2.05, 4.69) is 0 Å². The average molecular weight is 264 g/mol. The number of hydrogen-bond acceptors (Lipinski definition) is 5. The molecular weight excluding hydrogens is 248 g/mol. The van der Waals surface area contributed by atoms with Crippen LogP contribution in [0.4, 0.5) is 11.4 Å². The molecule has 0 spiro atoms. The van der Waals surface area contributed by atoms with Gasteiger partial charge in [-0.1, -0.05) is 6.92 Å².